The van der Waals surface area contributed by atoms with E-state index in [4.69, 9.17) is 0 Å². The summed E-state index contributed by atoms with van der Waals surface area (Å²) in [6.45, 7) is 2.18. The zero-order valence-corrected chi connectivity index (χ0v) is 5.22. The molecule has 0 nitrogen and oxygen atoms in total. The zero-order valence-electron chi connectivity index (χ0n) is 5.22. The van der Waals surface area contributed by atoms with Gasteiger partial charge in [-0.2, -0.15) is 0 Å². The minimum absolute atomic E-state index is 1.11. The van der Waals surface area contributed by atoms with Gasteiger partial charge in [-0.25, -0.2) is 0 Å². The zero-order chi connectivity index (χ0) is 5.82. The quantitative estimate of drug-likeness (QED) is 0.451. The Morgan fingerprint density at radius 1 is 1.75 bits per heavy atom. The van der Waals surface area contributed by atoms with Gasteiger partial charge in [0.1, 0.15) is 0 Å². The van der Waals surface area contributed by atoms with Gasteiger partial charge in [0.25, 0.3) is 0 Å². The highest BCUT2D eigenvalue weighted by Gasteiger charge is 2.00. The van der Waals surface area contributed by atoms with Crippen LogP contribution in [0.15, 0.2) is 23.8 Å². The topological polar surface area (TPSA) is 0 Å². The Kier molecular flexibility index (Phi) is 1.79. The standard InChI is InChI=1S/C8H11/c1-2-8-6-4-3-5-7-8/h4-7H,2-3H2,1H3/q+1. The van der Waals surface area contributed by atoms with Gasteiger partial charge in [-0.3, -0.25) is 0 Å². The second kappa shape index (κ2) is 2.61. The molecule has 42 valence electrons. The van der Waals surface area contributed by atoms with Crippen molar-refractivity contribution < 1.29 is 0 Å². The van der Waals surface area contributed by atoms with Crippen LogP contribution in [-0.4, -0.2) is 0 Å². The third-order valence-electron chi connectivity index (χ3n) is 1.34. The molecule has 0 saturated carbocycles. The summed E-state index contributed by atoms with van der Waals surface area (Å²) in [4.78, 5) is 0. The van der Waals surface area contributed by atoms with Gasteiger partial charge in [-0.15, -0.1) is 0 Å². The molecule has 0 N–H and O–H groups in total. The van der Waals surface area contributed by atoms with Gasteiger partial charge in [0.2, 0.25) is 0 Å². The van der Waals surface area contributed by atoms with Crippen molar-refractivity contribution in [2.24, 2.45) is 0 Å². The maximum absolute atomic E-state index is 2.19. The lowest BCUT2D eigenvalue weighted by Crippen LogP contribution is -1.81. The van der Waals surface area contributed by atoms with E-state index >= 15 is 0 Å². The lowest BCUT2D eigenvalue weighted by molar-refractivity contribution is 1.10. The van der Waals surface area contributed by atoms with Crippen LogP contribution in [0.25, 0.3) is 0 Å². The first-order valence-electron chi connectivity index (χ1n) is 3.12. The average Bonchev–Trinajstić information content (AvgIpc) is 1.90. The number of rotatable bonds is 1. The molecule has 1 aliphatic rings. The van der Waals surface area contributed by atoms with Gasteiger partial charge in [0, 0.05) is 18.9 Å². The van der Waals surface area contributed by atoms with Gasteiger partial charge < -0.3 is 0 Å². The highest BCUT2D eigenvalue weighted by atomic mass is 14.0. The van der Waals surface area contributed by atoms with Gasteiger partial charge >= 0.3 is 0 Å². The summed E-state index contributed by atoms with van der Waals surface area (Å²) >= 11 is 0. The van der Waals surface area contributed by atoms with Crippen molar-refractivity contribution in [3.8, 4) is 0 Å². The Hall–Kier alpha value is -0.650. The Labute approximate surface area is 50.9 Å². The smallest absolute Gasteiger partial charge is 0.0433 e. The van der Waals surface area contributed by atoms with E-state index in [1.807, 2.05) is 0 Å². The molecule has 0 aliphatic heterocycles. The molecular weight excluding hydrogens is 96.1 g/mol. The van der Waals surface area contributed by atoms with Crippen LogP contribution in [0, 0.1) is 6.42 Å². The predicted octanol–water partition coefficient (Wildman–Crippen LogP) is 2.49. The summed E-state index contributed by atoms with van der Waals surface area (Å²) in [5.74, 6) is 0. The van der Waals surface area contributed by atoms with Crippen molar-refractivity contribution in [1.29, 1.82) is 0 Å². The van der Waals surface area contributed by atoms with Crippen LogP contribution >= 0.6 is 0 Å². The first-order valence-corrected chi connectivity index (χ1v) is 3.12. The molecule has 0 saturated heterocycles. The maximum Gasteiger partial charge on any atom is 0.0971 e. The molecular formula is C8H11+. The van der Waals surface area contributed by atoms with E-state index in [0.717, 1.165) is 12.8 Å². The average molecular weight is 107 g/mol. The van der Waals surface area contributed by atoms with Gasteiger partial charge in [-0.1, -0.05) is 0 Å². The van der Waals surface area contributed by atoms with Crippen molar-refractivity contribution in [3.05, 3.63) is 30.2 Å². The molecule has 0 fully saturated rings. The molecule has 0 spiro atoms. The fourth-order valence-electron chi connectivity index (χ4n) is 0.809. The molecule has 0 amide bonds. The lowest BCUT2D eigenvalue weighted by Gasteiger charge is -1.91. The van der Waals surface area contributed by atoms with Crippen molar-refractivity contribution in [2.45, 2.75) is 19.8 Å². The molecule has 0 aromatic heterocycles. The van der Waals surface area contributed by atoms with E-state index < -0.39 is 0 Å². The van der Waals surface area contributed by atoms with Crippen LogP contribution in [-0.2, 0) is 0 Å². The Balaban J connectivity index is 2.51. The number of allylic oxidation sites excluding steroid dienone is 4. The molecule has 1 aliphatic carbocycles. The monoisotopic (exact) mass is 107 g/mol. The second-order valence-electron chi connectivity index (χ2n) is 1.97. The molecule has 0 aromatic rings. The van der Waals surface area contributed by atoms with E-state index in [1.54, 1.807) is 0 Å². The number of hydrogen-bond donors (Lipinski definition) is 0. The van der Waals surface area contributed by atoms with Crippen LogP contribution in [0.5, 0.6) is 0 Å². The third kappa shape index (κ3) is 1.16. The van der Waals surface area contributed by atoms with E-state index in [2.05, 4.69) is 31.6 Å². The van der Waals surface area contributed by atoms with Crippen LogP contribution in [0.4, 0.5) is 0 Å². The molecule has 0 aromatic carbocycles. The van der Waals surface area contributed by atoms with Gasteiger partial charge in [-0.05, 0) is 13.0 Å². The van der Waals surface area contributed by atoms with Crippen LogP contribution in [0.2, 0.25) is 0 Å². The normalized spacial score (nSPS) is 17.4. The van der Waals surface area contributed by atoms with Crippen molar-refractivity contribution >= 4 is 0 Å². The number of hydrogen-bond acceptors (Lipinski definition) is 0. The minimum Gasteiger partial charge on any atom is -0.0433 e. The van der Waals surface area contributed by atoms with Crippen molar-refractivity contribution in [3.63, 3.8) is 0 Å². The summed E-state index contributed by atoms with van der Waals surface area (Å²) in [6.07, 6.45) is 11.0. The summed E-state index contributed by atoms with van der Waals surface area (Å²) in [6, 6.07) is 0. The highest BCUT2D eigenvalue weighted by molar-refractivity contribution is 5.26. The fraction of sp³-hybridized carbons (Fsp3) is 0.375. The minimum atomic E-state index is 1.11. The molecule has 0 heterocycles. The van der Waals surface area contributed by atoms with E-state index in [9.17, 15) is 0 Å². The molecule has 0 unspecified atom stereocenters. The van der Waals surface area contributed by atoms with Crippen LogP contribution < -0.4 is 0 Å². The Bertz CT molecular complexity index is 118. The fourth-order valence-corrected chi connectivity index (χ4v) is 0.809. The van der Waals surface area contributed by atoms with Crippen molar-refractivity contribution in [1.82, 2.24) is 0 Å². The Morgan fingerprint density at radius 2 is 2.62 bits per heavy atom. The Morgan fingerprint density at radius 3 is 3.00 bits per heavy atom. The molecule has 0 atom stereocenters. The predicted molar refractivity (Wildman–Crippen MR) is 36.4 cm³/mol. The van der Waals surface area contributed by atoms with E-state index in [1.165, 1.54) is 5.57 Å². The third-order valence-corrected chi connectivity index (χ3v) is 1.34. The molecule has 0 heteroatoms. The first-order chi connectivity index (χ1) is 3.93. The summed E-state index contributed by atoms with van der Waals surface area (Å²) in [5.41, 5.74) is 1.44. The lowest BCUT2D eigenvalue weighted by atomic mass is 10.1. The van der Waals surface area contributed by atoms with Crippen molar-refractivity contribution in [2.75, 3.05) is 0 Å². The SMILES string of the molecule is CCC1=C[CH+]CC=C1. The summed E-state index contributed by atoms with van der Waals surface area (Å²) < 4.78 is 0. The molecule has 1 rings (SSSR count). The summed E-state index contributed by atoms with van der Waals surface area (Å²) in [7, 11) is 0. The second-order valence-corrected chi connectivity index (χ2v) is 1.97. The molecule has 0 radical (unpaired) electrons. The van der Waals surface area contributed by atoms with Crippen LogP contribution in [0.3, 0.4) is 0 Å². The molecule has 0 bridgehead atoms. The summed E-state index contributed by atoms with van der Waals surface area (Å²) in [5, 5.41) is 0. The van der Waals surface area contributed by atoms with Gasteiger partial charge in [0.15, 0.2) is 0 Å². The van der Waals surface area contributed by atoms with Gasteiger partial charge in [0.05, 0.1) is 18.1 Å². The van der Waals surface area contributed by atoms with E-state index in [-0.39, 0.29) is 0 Å². The molecule has 8 heavy (non-hydrogen) atoms. The van der Waals surface area contributed by atoms with Crippen LogP contribution in [0.1, 0.15) is 19.8 Å². The largest absolute Gasteiger partial charge is 0.0971 e. The highest BCUT2D eigenvalue weighted by Crippen LogP contribution is 2.10. The first kappa shape index (κ1) is 5.49. The maximum atomic E-state index is 2.19. The van der Waals surface area contributed by atoms with E-state index in [0.29, 0.717) is 0 Å².